The minimum atomic E-state index is -4.45. The number of thiazole rings is 1. The normalized spacial score (nSPS) is 13.4. The van der Waals surface area contributed by atoms with Gasteiger partial charge in [-0.15, -0.1) is 11.3 Å². The zero-order valence-electron chi connectivity index (χ0n) is 15.8. The van der Waals surface area contributed by atoms with E-state index in [0.29, 0.717) is 23.4 Å². The molecular weight excluding hydrogens is 383 g/mol. The van der Waals surface area contributed by atoms with Gasteiger partial charge in [0.2, 0.25) is 0 Å². The number of aromatic nitrogens is 1. The average molecular weight is 409 g/mol. The lowest BCUT2D eigenvalue weighted by atomic mass is 10.0. The van der Waals surface area contributed by atoms with Crippen molar-refractivity contribution in [1.82, 2.24) is 20.9 Å². The summed E-state index contributed by atoms with van der Waals surface area (Å²) in [5, 5.41) is 10.0. The standard InChI is InChI=1S/C16H26F3N5O2S/c1-5-26-15(25)23-11(6-10(2)3)7-21-14(20-4)22-8-13-24-12(9-27-13)16(17,18)19/h9-11H,5-8H2,1-4H3,(H,23,25)(H2,20,21,22). The number of alkyl halides is 3. The van der Waals surface area contributed by atoms with Gasteiger partial charge >= 0.3 is 12.3 Å². The number of carbonyl (C=O) groups excluding carboxylic acids is 1. The van der Waals surface area contributed by atoms with Crippen LogP contribution in [0.25, 0.3) is 0 Å². The Bertz CT molecular complexity index is 619. The van der Waals surface area contributed by atoms with Crippen molar-refractivity contribution in [2.24, 2.45) is 10.9 Å². The maximum absolute atomic E-state index is 12.6. The minimum Gasteiger partial charge on any atom is -0.450 e. The SMILES string of the molecule is CCOC(=O)NC(CNC(=NC)NCc1nc(C(F)(F)F)cs1)CC(C)C. The Morgan fingerprint density at radius 1 is 1.37 bits per heavy atom. The fraction of sp³-hybridized carbons (Fsp3) is 0.688. The Balaban J connectivity index is 2.55. The van der Waals surface area contributed by atoms with E-state index in [0.717, 1.165) is 23.1 Å². The van der Waals surface area contributed by atoms with Gasteiger partial charge in [-0.25, -0.2) is 9.78 Å². The molecule has 0 aromatic carbocycles. The molecule has 1 heterocycles. The Morgan fingerprint density at radius 2 is 2.07 bits per heavy atom. The van der Waals surface area contributed by atoms with Crippen molar-refractivity contribution in [2.45, 2.75) is 46.0 Å². The average Bonchev–Trinajstić information content (AvgIpc) is 3.03. The monoisotopic (exact) mass is 409 g/mol. The van der Waals surface area contributed by atoms with Crippen LogP contribution in [0, 0.1) is 5.92 Å². The predicted molar refractivity (Wildman–Crippen MR) is 98.7 cm³/mol. The predicted octanol–water partition coefficient (Wildman–Crippen LogP) is 2.99. The molecule has 1 aromatic heterocycles. The summed E-state index contributed by atoms with van der Waals surface area (Å²) in [6.07, 6.45) is -4.21. The first-order chi connectivity index (χ1) is 12.7. The largest absolute Gasteiger partial charge is 0.450 e. The Hall–Kier alpha value is -2.04. The quantitative estimate of drug-likeness (QED) is 0.454. The van der Waals surface area contributed by atoms with Crippen molar-refractivity contribution in [2.75, 3.05) is 20.2 Å². The molecule has 1 amide bonds. The number of nitrogens with zero attached hydrogens (tertiary/aromatic N) is 2. The highest BCUT2D eigenvalue weighted by molar-refractivity contribution is 7.09. The Kier molecular flexibility index (Phi) is 9.33. The first-order valence-corrected chi connectivity index (χ1v) is 9.43. The molecule has 0 radical (unpaired) electrons. The topological polar surface area (TPSA) is 87.6 Å². The van der Waals surface area contributed by atoms with Gasteiger partial charge in [-0.1, -0.05) is 13.8 Å². The zero-order valence-corrected chi connectivity index (χ0v) is 16.6. The van der Waals surface area contributed by atoms with E-state index in [1.54, 1.807) is 14.0 Å². The number of ether oxygens (including phenoxy) is 1. The molecule has 7 nitrogen and oxygen atoms in total. The van der Waals surface area contributed by atoms with E-state index in [2.05, 4.69) is 25.9 Å². The van der Waals surface area contributed by atoms with Crippen LogP contribution in [-0.2, 0) is 17.5 Å². The highest BCUT2D eigenvalue weighted by atomic mass is 32.1. The second-order valence-electron chi connectivity index (χ2n) is 6.12. The van der Waals surface area contributed by atoms with E-state index >= 15 is 0 Å². The molecule has 3 N–H and O–H groups in total. The number of aliphatic imine (C=N–C) groups is 1. The molecule has 1 rings (SSSR count). The van der Waals surface area contributed by atoms with Crippen LogP contribution in [0.1, 0.15) is 37.9 Å². The van der Waals surface area contributed by atoms with Crippen molar-refractivity contribution in [3.8, 4) is 0 Å². The second kappa shape index (κ2) is 11.0. The fourth-order valence-electron chi connectivity index (χ4n) is 2.22. The van der Waals surface area contributed by atoms with E-state index in [1.165, 1.54) is 0 Å². The Labute approximate surface area is 160 Å². The number of halogens is 3. The van der Waals surface area contributed by atoms with Crippen molar-refractivity contribution >= 4 is 23.4 Å². The molecule has 0 aliphatic heterocycles. The van der Waals surface area contributed by atoms with E-state index in [-0.39, 0.29) is 19.2 Å². The summed E-state index contributed by atoms with van der Waals surface area (Å²) in [6.45, 7) is 6.58. The summed E-state index contributed by atoms with van der Waals surface area (Å²) in [4.78, 5) is 19.2. The molecule has 0 aliphatic carbocycles. The van der Waals surface area contributed by atoms with Gasteiger partial charge in [-0.2, -0.15) is 13.2 Å². The smallest absolute Gasteiger partial charge is 0.434 e. The summed E-state index contributed by atoms with van der Waals surface area (Å²) in [5.41, 5.74) is -0.900. The molecule has 154 valence electrons. The van der Waals surface area contributed by atoms with Crippen LogP contribution in [0.2, 0.25) is 0 Å². The molecule has 1 atom stereocenters. The summed E-state index contributed by atoms with van der Waals surface area (Å²) in [7, 11) is 1.55. The van der Waals surface area contributed by atoms with Crippen LogP contribution in [0.15, 0.2) is 10.4 Å². The van der Waals surface area contributed by atoms with Gasteiger partial charge in [-0.05, 0) is 19.3 Å². The van der Waals surface area contributed by atoms with E-state index in [9.17, 15) is 18.0 Å². The molecule has 27 heavy (non-hydrogen) atoms. The van der Waals surface area contributed by atoms with Crippen LogP contribution in [0.4, 0.5) is 18.0 Å². The lowest BCUT2D eigenvalue weighted by Gasteiger charge is -2.22. The number of hydrogen-bond acceptors (Lipinski definition) is 5. The van der Waals surface area contributed by atoms with Crippen molar-refractivity contribution in [1.29, 1.82) is 0 Å². The van der Waals surface area contributed by atoms with Gasteiger partial charge in [0.05, 0.1) is 13.2 Å². The number of guanidine groups is 1. The van der Waals surface area contributed by atoms with Crippen molar-refractivity contribution in [3.05, 3.63) is 16.1 Å². The molecule has 1 unspecified atom stereocenters. The lowest BCUT2D eigenvalue weighted by molar-refractivity contribution is -0.140. The van der Waals surface area contributed by atoms with Crippen LogP contribution < -0.4 is 16.0 Å². The van der Waals surface area contributed by atoms with Crippen molar-refractivity contribution in [3.63, 3.8) is 0 Å². The van der Waals surface area contributed by atoms with Gasteiger partial charge < -0.3 is 20.7 Å². The van der Waals surface area contributed by atoms with Crippen LogP contribution >= 0.6 is 11.3 Å². The molecule has 1 aromatic rings. The van der Waals surface area contributed by atoms with Crippen LogP contribution in [0.5, 0.6) is 0 Å². The summed E-state index contributed by atoms with van der Waals surface area (Å²) in [5.74, 6) is 0.753. The number of nitrogens with one attached hydrogen (secondary N) is 3. The lowest BCUT2D eigenvalue weighted by Crippen LogP contribution is -2.47. The first kappa shape index (κ1) is 23.0. The number of hydrogen-bond donors (Lipinski definition) is 3. The van der Waals surface area contributed by atoms with Gasteiger partial charge in [0.1, 0.15) is 5.01 Å². The molecule has 0 saturated carbocycles. The second-order valence-corrected chi connectivity index (χ2v) is 7.06. The zero-order chi connectivity index (χ0) is 20.4. The molecule has 0 fully saturated rings. The maximum atomic E-state index is 12.6. The van der Waals surface area contributed by atoms with Gasteiger partial charge in [0.25, 0.3) is 0 Å². The van der Waals surface area contributed by atoms with Gasteiger partial charge in [-0.3, -0.25) is 4.99 Å². The highest BCUT2D eigenvalue weighted by Crippen LogP contribution is 2.29. The third-order valence-electron chi connectivity index (χ3n) is 3.34. The molecule has 0 spiro atoms. The van der Waals surface area contributed by atoms with Gasteiger partial charge in [0, 0.05) is 25.0 Å². The third-order valence-corrected chi connectivity index (χ3v) is 4.19. The molecule has 0 saturated heterocycles. The van der Waals surface area contributed by atoms with E-state index in [1.807, 2.05) is 13.8 Å². The number of alkyl carbamates (subject to hydrolysis) is 1. The first-order valence-electron chi connectivity index (χ1n) is 8.55. The van der Waals surface area contributed by atoms with Crippen LogP contribution in [-0.4, -0.2) is 43.3 Å². The third kappa shape index (κ3) is 8.94. The summed E-state index contributed by atoms with van der Waals surface area (Å²) in [6, 6.07) is -0.181. The number of carbonyl (C=O) groups is 1. The summed E-state index contributed by atoms with van der Waals surface area (Å²) >= 11 is 0.926. The molecule has 11 heteroatoms. The maximum Gasteiger partial charge on any atom is 0.434 e. The molecule has 0 aliphatic rings. The van der Waals surface area contributed by atoms with E-state index in [4.69, 9.17) is 4.74 Å². The minimum absolute atomic E-state index is 0.112. The van der Waals surface area contributed by atoms with E-state index < -0.39 is 18.0 Å². The van der Waals surface area contributed by atoms with Crippen LogP contribution in [0.3, 0.4) is 0 Å². The number of rotatable bonds is 8. The molecule has 0 bridgehead atoms. The number of amides is 1. The fourth-order valence-corrected chi connectivity index (χ4v) is 2.96. The highest BCUT2D eigenvalue weighted by Gasteiger charge is 2.33. The molecular formula is C16H26F3N5O2S. The van der Waals surface area contributed by atoms with Crippen molar-refractivity contribution < 1.29 is 22.7 Å². The van der Waals surface area contributed by atoms with Gasteiger partial charge in [0.15, 0.2) is 11.7 Å². The Morgan fingerprint density at radius 3 is 2.59 bits per heavy atom. The summed E-state index contributed by atoms with van der Waals surface area (Å²) < 4.78 is 42.6.